The number of hydrogen-bond donors (Lipinski definition) is 0. The zero-order valence-corrected chi connectivity index (χ0v) is 17.1. The smallest absolute Gasteiger partial charge is 0.487 e. The highest BCUT2D eigenvalue weighted by Gasteiger charge is 2.31. The van der Waals surface area contributed by atoms with Crippen LogP contribution in [0.3, 0.4) is 0 Å². The summed E-state index contributed by atoms with van der Waals surface area (Å²) in [5.41, 5.74) is 3.18. The highest BCUT2D eigenvalue weighted by molar-refractivity contribution is 6.19. The summed E-state index contributed by atoms with van der Waals surface area (Å²) in [6.45, 7) is 3.91. The summed E-state index contributed by atoms with van der Waals surface area (Å²) in [6.07, 6.45) is -2.82. The molecular formula is C22H19ClF3NO3. The molecule has 0 aliphatic heterocycles. The summed E-state index contributed by atoms with van der Waals surface area (Å²) in [4.78, 5) is 4.40. The van der Waals surface area contributed by atoms with Gasteiger partial charge in [0.15, 0.2) is 0 Å². The second-order valence-electron chi connectivity index (χ2n) is 6.45. The van der Waals surface area contributed by atoms with Gasteiger partial charge in [0.05, 0.1) is 0 Å². The normalized spacial score (nSPS) is 12.1. The summed E-state index contributed by atoms with van der Waals surface area (Å²) < 4.78 is 52.2. The Morgan fingerprint density at radius 3 is 2.53 bits per heavy atom. The van der Waals surface area contributed by atoms with Crippen molar-refractivity contribution in [2.24, 2.45) is 0 Å². The third-order valence-electron chi connectivity index (χ3n) is 4.28. The van der Waals surface area contributed by atoms with Crippen LogP contribution in [0.2, 0.25) is 0 Å². The lowest BCUT2D eigenvalue weighted by molar-refractivity contribution is -0.274. The fourth-order valence-electron chi connectivity index (χ4n) is 2.70. The predicted molar refractivity (Wildman–Crippen MR) is 109 cm³/mol. The van der Waals surface area contributed by atoms with Gasteiger partial charge in [0.25, 0.3) is 0 Å². The minimum absolute atomic E-state index is 0.187. The quantitative estimate of drug-likeness (QED) is 0.382. The maximum absolute atomic E-state index is 12.3. The van der Waals surface area contributed by atoms with E-state index in [0.717, 1.165) is 11.1 Å². The first-order valence-corrected chi connectivity index (χ1v) is 9.57. The first kappa shape index (κ1) is 21.8. The van der Waals surface area contributed by atoms with E-state index in [1.54, 1.807) is 6.92 Å². The Hall–Kier alpha value is -2.93. The lowest BCUT2D eigenvalue weighted by atomic mass is 10.1. The van der Waals surface area contributed by atoms with Crippen LogP contribution in [0.5, 0.6) is 11.5 Å². The molecule has 0 fully saturated rings. The molecule has 158 valence electrons. The molecule has 0 aliphatic carbocycles. The molecule has 1 heterocycles. The van der Waals surface area contributed by atoms with E-state index < -0.39 is 6.36 Å². The first-order valence-electron chi connectivity index (χ1n) is 9.03. The standard InChI is InChI=1S/C22H19ClF3NO3/c1-14(10-11-23)17-4-3-5-19(12-17)28-13-20-15(2)29-21(27-20)16-6-8-18(9-7-16)30-22(24,25)26/h3-10,12H,11,13H2,1-2H3/b14-10+. The lowest BCUT2D eigenvalue weighted by Gasteiger charge is -2.08. The predicted octanol–water partition coefficient (Wildman–Crippen LogP) is 6.77. The van der Waals surface area contributed by atoms with Crippen LogP contribution in [0, 0.1) is 6.92 Å². The Bertz CT molecular complexity index is 1030. The number of hydrogen-bond acceptors (Lipinski definition) is 4. The Morgan fingerprint density at radius 2 is 1.87 bits per heavy atom. The molecule has 3 aromatic rings. The molecule has 0 aliphatic rings. The fraction of sp³-hybridized carbons (Fsp3) is 0.227. The number of benzene rings is 2. The van der Waals surface area contributed by atoms with E-state index in [1.165, 1.54) is 24.3 Å². The highest BCUT2D eigenvalue weighted by atomic mass is 35.5. The lowest BCUT2D eigenvalue weighted by Crippen LogP contribution is -2.16. The van der Waals surface area contributed by atoms with Crippen molar-refractivity contribution in [3.05, 3.63) is 71.6 Å². The van der Waals surface area contributed by atoms with Crippen LogP contribution >= 0.6 is 11.6 Å². The number of nitrogens with zero attached hydrogens (tertiary/aromatic N) is 1. The molecular weight excluding hydrogens is 419 g/mol. The van der Waals surface area contributed by atoms with Gasteiger partial charge in [-0.1, -0.05) is 18.2 Å². The van der Waals surface area contributed by atoms with Gasteiger partial charge >= 0.3 is 6.36 Å². The maximum Gasteiger partial charge on any atom is 0.573 e. The molecule has 30 heavy (non-hydrogen) atoms. The molecule has 0 amide bonds. The topological polar surface area (TPSA) is 44.5 Å². The van der Waals surface area contributed by atoms with Gasteiger partial charge in [0.1, 0.15) is 29.6 Å². The first-order chi connectivity index (χ1) is 14.2. The van der Waals surface area contributed by atoms with E-state index in [1.807, 2.05) is 37.3 Å². The summed E-state index contributed by atoms with van der Waals surface area (Å²) in [5.74, 6) is 1.65. The second-order valence-corrected chi connectivity index (χ2v) is 6.76. The molecule has 0 spiro atoms. The van der Waals surface area contributed by atoms with Gasteiger partial charge in [-0.05, 0) is 61.4 Å². The van der Waals surface area contributed by atoms with Crippen molar-refractivity contribution in [1.82, 2.24) is 4.98 Å². The Labute approximate surface area is 176 Å². The molecule has 0 saturated carbocycles. The molecule has 0 atom stereocenters. The van der Waals surface area contributed by atoms with E-state index in [2.05, 4.69) is 9.72 Å². The van der Waals surface area contributed by atoms with Crippen molar-refractivity contribution >= 4 is 17.2 Å². The van der Waals surface area contributed by atoms with Crippen molar-refractivity contribution in [3.8, 4) is 23.0 Å². The van der Waals surface area contributed by atoms with Crippen LogP contribution in [-0.2, 0) is 6.61 Å². The molecule has 3 rings (SSSR count). The second kappa shape index (κ2) is 9.26. The largest absolute Gasteiger partial charge is 0.573 e. The van der Waals surface area contributed by atoms with E-state index >= 15 is 0 Å². The van der Waals surface area contributed by atoms with Crippen LogP contribution in [0.1, 0.15) is 23.9 Å². The molecule has 0 saturated heterocycles. The van der Waals surface area contributed by atoms with Crippen molar-refractivity contribution in [2.75, 3.05) is 5.88 Å². The van der Waals surface area contributed by atoms with Gasteiger partial charge in [0, 0.05) is 11.4 Å². The number of oxazole rings is 1. The summed E-state index contributed by atoms with van der Waals surface area (Å²) in [5, 5.41) is 0. The molecule has 0 bridgehead atoms. The van der Waals surface area contributed by atoms with Crippen molar-refractivity contribution in [3.63, 3.8) is 0 Å². The van der Waals surface area contributed by atoms with Crippen molar-refractivity contribution < 1.29 is 27.1 Å². The third-order valence-corrected chi connectivity index (χ3v) is 4.43. The van der Waals surface area contributed by atoms with E-state index in [-0.39, 0.29) is 12.4 Å². The van der Waals surface area contributed by atoms with Gasteiger partial charge in [-0.15, -0.1) is 24.8 Å². The van der Waals surface area contributed by atoms with Gasteiger partial charge < -0.3 is 13.9 Å². The SMILES string of the molecule is C/C(=C\CCl)c1cccc(OCc2nc(-c3ccc(OC(F)(F)F)cc3)oc2C)c1. The van der Waals surface area contributed by atoms with Crippen LogP contribution in [0.15, 0.2) is 59.0 Å². The highest BCUT2D eigenvalue weighted by Crippen LogP contribution is 2.28. The molecule has 0 radical (unpaired) electrons. The number of alkyl halides is 4. The summed E-state index contributed by atoms with van der Waals surface area (Å²) in [7, 11) is 0. The van der Waals surface area contributed by atoms with Gasteiger partial charge in [-0.3, -0.25) is 0 Å². The number of halogens is 4. The molecule has 4 nitrogen and oxygen atoms in total. The van der Waals surface area contributed by atoms with Gasteiger partial charge in [0.2, 0.25) is 5.89 Å². The number of aromatic nitrogens is 1. The minimum Gasteiger partial charge on any atom is -0.487 e. The third kappa shape index (κ3) is 5.79. The monoisotopic (exact) mass is 437 g/mol. The number of aryl methyl sites for hydroxylation is 1. The molecule has 8 heteroatoms. The average molecular weight is 438 g/mol. The fourth-order valence-corrected chi connectivity index (χ4v) is 2.93. The number of rotatable bonds is 7. The van der Waals surface area contributed by atoms with Crippen LogP contribution in [0.4, 0.5) is 13.2 Å². The molecule has 0 N–H and O–H groups in total. The summed E-state index contributed by atoms with van der Waals surface area (Å²) >= 11 is 5.75. The maximum atomic E-state index is 12.3. The Morgan fingerprint density at radius 1 is 1.13 bits per heavy atom. The minimum atomic E-state index is -4.73. The van der Waals surface area contributed by atoms with E-state index in [4.69, 9.17) is 20.8 Å². The average Bonchev–Trinajstić information content (AvgIpc) is 3.07. The van der Waals surface area contributed by atoms with Crippen LogP contribution < -0.4 is 9.47 Å². The summed E-state index contributed by atoms with van der Waals surface area (Å²) in [6, 6.07) is 12.9. The van der Waals surface area contributed by atoms with Crippen molar-refractivity contribution in [2.45, 2.75) is 26.8 Å². The van der Waals surface area contributed by atoms with E-state index in [0.29, 0.717) is 34.5 Å². The number of ether oxygens (including phenoxy) is 2. The Balaban J connectivity index is 1.70. The zero-order valence-electron chi connectivity index (χ0n) is 16.3. The van der Waals surface area contributed by atoms with Crippen molar-refractivity contribution in [1.29, 1.82) is 0 Å². The molecule has 1 aromatic heterocycles. The zero-order chi connectivity index (χ0) is 21.7. The Kier molecular flexibility index (Phi) is 6.72. The van der Waals surface area contributed by atoms with E-state index in [9.17, 15) is 13.2 Å². The number of allylic oxidation sites excluding steroid dienone is 2. The molecule has 0 unspecified atom stereocenters. The van der Waals surface area contributed by atoms with Crippen LogP contribution in [0.25, 0.3) is 17.0 Å². The van der Waals surface area contributed by atoms with Crippen LogP contribution in [-0.4, -0.2) is 17.2 Å². The molecule has 2 aromatic carbocycles. The van der Waals surface area contributed by atoms with Gasteiger partial charge in [-0.2, -0.15) is 0 Å². The van der Waals surface area contributed by atoms with Gasteiger partial charge in [-0.25, -0.2) is 4.98 Å².